The van der Waals surface area contributed by atoms with Crippen LogP contribution in [-0.2, 0) is 34.8 Å². The minimum atomic E-state index is -3.21. The number of para-hydroxylation sites is 1. The van der Waals surface area contributed by atoms with Gasteiger partial charge in [-0.05, 0) is 30.9 Å². The maximum atomic E-state index is 12.8. The number of sulfonamides is 1. The standard InChI is InChI=1S/C19H25N5O4S/c1-21-18(15-7-10-22(11-8-15)29(2,27)28)20-24(19(21)26)13-17(25)23-12-9-14-5-3-4-6-16(14)23/h3-6,15H,7-13H2,1-2H3. The van der Waals surface area contributed by atoms with Crippen molar-refractivity contribution in [3.05, 3.63) is 46.1 Å². The molecular formula is C19H25N5O4S. The second-order valence-electron chi connectivity index (χ2n) is 7.72. The molecule has 1 aromatic heterocycles. The van der Waals surface area contributed by atoms with E-state index in [1.165, 1.54) is 19.8 Å². The fraction of sp³-hybridized carbons (Fsp3) is 0.526. The van der Waals surface area contributed by atoms with E-state index in [0.717, 1.165) is 17.7 Å². The Morgan fingerprint density at radius 3 is 2.55 bits per heavy atom. The van der Waals surface area contributed by atoms with E-state index >= 15 is 0 Å². The van der Waals surface area contributed by atoms with E-state index in [1.807, 2.05) is 24.3 Å². The van der Waals surface area contributed by atoms with Crippen LogP contribution in [0.1, 0.15) is 30.1 Å². The summed E-state index contributed by atoms with van der Waals surface area (Å²) in [5, 5.41) is 4.44. The van der Waals surface area contributed by atoms with E-state index < -0.39 is 10.0 Å². The summed E-state index contributed by atoms with van der Waals surface area (Å²) in [7, 11) is -1.55. The third-order valence-corrected chi connectivity index (χ3v) is 7.14. The molecule has 0 atom stereocenters. The van der Waals surface area contributed by atoms with Gasteiger partial charge in [-0.1, -0.05) is 18.2 Å². The molecule has 4 rings (SSSR count). The molecular weight excluding hydrogens is 394 g/mol. The molecule has 9 nitrogen and oxygen atoms in total. The highest BCUT2D eigenvalue weighted by molar-refractivity contribution is 7.88. The van der Waals surface area contributed by atoms with Crippen molar-refractivity contribution in [3.8, 4) is 0 Å². The molecule has 1 fully saturated rings. The van der Waals surface area contributed by atoms with E-state index in [9.17, 15) is 18.0 Å². The first-order valence-electron chi connectivity index (χ1n) is 9.73. The molecule has 29 heavy (non-hydrogen) atoms. The lowest BCUT2D eigenvalue weighted by atomic mass is 9.97. The number of carbonyl (C=O) groups is 1. The Bertz CT molecular complexity index is 1100. The van der Waals surface area contributed by atoms with Crippen LogP contribution >= 0.6 is 0 Å². The Morgan fingerprint density at radius 1 is 1.17 bits per heavy atom. The van der Waals surface area contributed by atoms with Crippen LogP contribution in [-0.4, -0.2) is 58.9 Å². The van der Waals surface area contributed by atoms with E-state index in [-0.39, 0.29) is 24.1 Å². The molecule has 0 N–H and O–H groups in total. The number of nitrogens with zero attached hydrogens (tertiary/aromatic N) is 5. The number of hydrogen-bond donors (Lipinski definition) is 0. The Balaban J connectivity index is 1.49. The van der Waals surface area contributed by atoms with Crippen LogP contribution in [0.25, 0.3) is 0 Å². The summed E-state index contributed by atoms with van der Waals surface area (Å²) in [5.74, 6) is 0.445. The minimum absolute atomic E-state index is 0.00503. The lowest BCUT2D eigenvalue weighted by molar-refractivity contribution is -0.119. The number of carbonyl (C=O) groups excluding carboxylic acids is 1. The molecule has 1 aromatic carbocycles. The van der Waals surface area contributed by atoms with Gasteiger partial charge in [-0.15, -0.1) is 0 Å². The number of benzene rings is 1. The van der Waals surface area contributed by atoms with E-state index in [1.54, 1.807) is 11.9 Å². The van der Waals surface area contributed by atoms with Gasteiger partial charge >= 0.3 is 5.69 Å². The Morgan fingerprint density at radius 2 is 1.86 bits per heavy atom. The lowest BCUT2D eigenvalue weighted by Gasteiger charge is -2.29. The number of amides is 1. The van der Waals surface area contributed by atoms with Gasteiger partial charge in [-0.3, -0.25) is 9.36 Å². The molecule has 0 aliphatic carbocycles. The number of hydrogen-bond acceptors (Lipinski definition) is 5. The maximum Gasteiger partial charge on any atom is 0.346 e. The fourth-order valence-electron chi connectivity index (χ4n) is 4.22. The molecule has 156 valence electrons. The smallest absolute Gasteiger partial charge is 0.310 e. The third kappa shape index (κ3) is 3.74. The molecule has 10 heteroatoms. The molecule has 0 spiro atoms. The van der Waals surface area contributed by atoms with Crippen molar-refractivity contribution in [1.82, 2.24) is 18.7 Å². The molecule has 1 amide bonds. The van der Waals surface area contributed by atoms with Crippen LogP contribution < -0.4 is 10.6 Å². The van der Waals surface area contributed by atoms with Gasteiger partial charge < -0.3 is 4.90 Å². The Labute approximate surface area is 169 Å². The maximum absolute atomic E-state index is 12.8. The number of piperidine rings is 1. The van der Waals surface area contributed by atoms with Gasteiger partial charge in [0.1, 0.15) is 12.4 Å². The van der Waals surface area contributed by atoms with E-state index in [4.69, 9.17) is 0 Å². The van der Waals surface area contributed by atoms with Gasteiger partial charge in [0, 0.05) is 38.3 Å². The van der Waals surface area contributed by atoms with Gasteiger partial charge in [-0.25, -0.2) is 22.2 Å². The minimum Gasteiger partial charge on any atom is -0.310 e. The second kappa shape index (κ2) is 7.42. The van der Waals surface area contributed by atoms with Gasteiger partial charge in [0.15, 0.2) is 0 Å². The van der Waals surface area contributed by atoms with Crippen LogP contribution in [0.4, 0.5) is 5.69 Å². The highest BCUT2D eigenvalue weighted by Gasteiger charge is 2.30. The zero-order chi connectivity index (χ0) is 20.8. The summed E-state index contributed by atoms with van der Waals surface area (Å²) >= 11 is 0. The van der Waals surface area contributed by atoms with Crippen LogP contribution in [0, 0.1) is 0 Å². The zero-order valence-electron chi connectivity index (χ0n) is 16.6. The quantitative estimate of drug-likeness (QED) is 0.711. The first-order valence-corrected chi connectivity index (χ1v) is 11.6. The van der Waals surface area contributed by atoms with Gasteiger partial charge in [0.2, 0.25) is 15.9 Å². The summed E-state index contributed by atoms with van der Waals surface area (Å²) in [6, 6.07) is 7.79. The molecule has 0 radical (unpaired) electrons. The van der Waals surface area contributed by atoms with Crippen molar-refractivity contribution in [2.75, 3.05) is 30.8 Å². The second-order valence-corrected chi connectivity index (χ2v) is 9.70. The Kier molecular flexibility index (Phi) is 5.07. The summed E-state index contributed by atoms with van der Waals surface area (Å²) in [6.45, 7) is 1.32. The van der Waals surface area contributed by atoms with Crippen molar-refractivity contribution in [1.29, 1.82) is 0 Å². The monoisotopic (exact) mass is 419 g/mol. The predicted molar refractivity (Wildman–Crippen MR) is 108 cm³/mol. The lowest BCUT2D eigenvalue weighted by Crippen LogP contribution is -2.37. The average Bonchev–Trinajstić information content (AvgIpc) is 3.24. The van der Waals surface area contributed by atoms with Crippen molar-refractivity contribution in [3.63, 3.8) is 0 Å². The van der Waals surface area contributed by atoms with Crippen LogP contribution in [0.2, 0.25) is 0 Å². The van der Waals surface area contributed by atoms with Crippen LogP contribution in [0.5, 0.6) is 0 Å². The molecule has 0 unspecified atom stereocenters. The topological polar surface area (TPSA) is 97.5 Å². The van der Waals surface area contributed by atoms with Gasteiger partial charge in [-0.2, -0.15) is 5.10 Å². The van der Waals surface area contributed by atoms with Gasteiger partial charge in [0.25, 0.3) is 0 Å². The SMILES string of the molecule is Cn1c(C2CCN(S(C)(=O)=O)CC2)nn(CC(=O)N2CCc3ccccc32)c1=O. The predicted octanol–water partition coefficient (Wildman–Crippen LogP) is 0.310. The molecule has 1 saturated heterocycles. The highest BCUT2D eigenvalue weighted by atomic mass is 32.2. The number of rotatable bonds is 4. The fourth-order valence-corrected chi connectivity index (χ4v) is 5.09. The number of fused-ring (bicyclic) bond motifs is 1. The first kappa shape index (κ1) is 19.8. The van der Waals surface area contributed by atoms with E-state index in [0.29, 0.717) is 38.3 Å². The van der Waals surface area contributed by atoms with Gasteiger partial charge in [0.05, 0.1) is 6.26 Å². The summed E-state index contributed by atoms with van der Waals surface area (Å²) < 4.78 is 27.5. The summed E-state index contributed by atoms with van der Waals surface area (Å²) in [6.07, 6.45) is 3.22. The molecule has 2 aliphatic heterocycles. The third-order valence-electron chi connectivity index (χ3n) is 5.84. The normalized spacial score (nSPS) is 18.2. The van der Waals surface area contributed by atoms with Crippen molar-refractivity contribution >= 4 is 21.6 Å². The summed E-state index contributed by atoms with van der Waals surface area (Å²) in [5.41, 5.74) is 1.70. The van der Waals surface area contributed by atoms with Crippen molar-refractivity contribution in [2.24, 2.45) is 7.05 Å². The van der Waals surface area contributed by atoms with Crippen LogP contribution in [0.15, 0.2) is 29.1 Å². The largest absolute Gasteiger partial charge is 0.346 e. The van der Waals surface area contributed by atoms with Crippen molar-refractivity contribution in [2.45, 2.75) is 31.7 Å². The number of aromatic nitrogens is 3. The molecule has 2 aromatic rings. The van der Waals surface area contributed by atoms with Crippen LogP contribution in [0.3, 0.4) is 0 Å². The number of anilines is 1. The first-order chi connectivity index (χ1) is 13.8. The molecule has 0 bridgehead atoms. The zero-order valence-corrected chi connectivity index (χ0v) is 17.4. The average molecular weight is 420 g/mol. The Hall–Kier alpha value is -2.46. The molecule has 3 heterocycles. The highest BCUT2D eigenvalue weighted by Crippen LogP contribution is 2.28. The summed E-state index contributed by atoms with van der Waals surface area (Å²) in [4.78, 5) is 27.2. The molecule has 2 aliphatic rings. The van der Waals surface area contributed by atoms with E-state index in [2.05, 4.69) is 5.10 Å². The molecule has 0 saturated carbocycles. The van der Waals surface area contributed by atoms with Crippen molar-refractivity contribution < 1.29 is 13.2 Å².